The fourth-order valence-corrected chi connectivity index (χ4v) is 1.89. The zero-order chi connectivity index (χ0) is 10.7. The molecule has 0 atom stereocenters. The van der Waals surface area contributed by atoms with Crippen LogP contribution in [-0.2, 0) is 4.79 Å². The fraction of sp³-hybridized carbons (Fsp3) is 0.500. The smallest absolute Gasteiger partial charge is 0.245 e. The van der Waals surface area contributed by atoms with E-state index in [-0.39, 0.29) is 5.91 Å². The fourth-order valence-electron chi connectivity index (χ4n) is 1.89. The van der Waals surface area contributed by atoms with E-state index in [0.717, 1.165) is 25.9 Å². The molecule has 0 spiro atoms. The van der Waals surface area contributed by atoms with Crippen molar-refractivity contribution in [3.05, 3.63) is 25.0 Å². The van der Waals surface area contributed by atoms with Crippen molar-refractivity contribution in [2.75, 3.05) is 13.1 Å². The molecule has 5 heteroatoms. The second-order valence-corrected chi connectivity index (χ2v) is 3.64. The Morgan fingerprint density at radius 1 is 1.47 bits per heavy atom. The Kier molecular flexibility index (Phi) is 2.80. The zero-order valence-corrected chi connectivity index (χ0v) is 8.54. The van der Waals surface area contributed by atoms with Gasteiger partial charge in [0.2, 0.25) is 5.91 Å². The Balaban J connectivity index is 1.92. The minimum atomic E-state index is 0.0204. The van der Waals surface area contributed by atoms with E-state index in [1.807, 2.05) is 15.8 Å². The van der Waals surface area contributed by atoms with Crippen LogP contribution in [0.25, 0.3) is 0 Å². The number of likely N-dealkylation sites (tertiary alicyclic amines) is 1. The van der Waals surface area contributed by atoms with E-state index in [1.165, 1.54) is 6.08 Å². The summed E-state index contributed by atoms with van der Waals surface area (Å²) in [6.07, 6.45) is 6.79. The highest BCUT2D eigenvalue weighted by Gasteiger charge is 2.22. The predicted molar refractivity (Wildman–Crippen MR) is 55.1 cm³/mol. The molecule has 0 bridgehead atoms. The standard InChI is InChI=1S/C10H14N4O/c1-2-10(15)13-6-3-9(4-7-13)14-8-5-11-12-14/h2,5,8-9H,1,3-4,6-7H2. The summed E-state index contributed by atoms with van der Waals surface area (Å²) in [5, 5.41) is 7.76. The van der Waals surface area contributed by atoms with Crippen molar-refractivity contribution < 1.29 is 4.79 Å². The minimum Gasteiger partial charge on any atom is -0.339 e. The molecule has 2 rings (SSSR count). The monoisotopic (exact) mass is 206 g/mol. The molecular weight excluding hydrogens is 192 g/mol. The SMILES string of the molecule is C=CC(=O)N1CCC(n2ccnn2)CC1. The van der Waals surface area contributed by atoms with Crippen molar-refractivity contribution in [1.82, 2.24) is 19.9 Å². The molecular formula is C10H14N4O. The van der Waals surface area contributed by atoms with Gasteiger partial charge < -0.3 is 4.90 Å². The molecule has 1 amide bonds. The maximum atomic E-state index is 11.3. The highest BCUT2D eigenvalue weighted by Crippen LogP contribution is 2.20. The number of carbonyl (C=O) groups excluding carboxylic acids is 1. The van der Waals surface area contributed by atoms with Gasteiger partial charge in [0.25, 0.3) is 0 Å². The molecule has 0 aromatic carbocycles. The average Bonchev–Trinajstić information content (AvgIpc) is 2.82. The molecule has 1 saturated heterocycles. The van der Waals surface area contributed by atoms with Gasteiger partial charge in [-0.15, -0.1) is 5.10 Å². The first-order valence-corrected chi connectivity index (χ1v) is 5.08. The van der Waals surface area contributed by atoms with Crippen molar-refractivity contribution in [3.63, 3.8) is 0 Å². The third-order valence-corrected chi connectivity index (χ3v) is 2.77. The van der Waals surface area contributed by atoms with Crippen LogP contribution in [0.4, 0.5) is 0 Å². The summed E-state index contributed by atoms with van der Waals surface area (Å²) in [4.78, 5) is 13.2. The van der Waals surface area contributed by atoms with Crippen LogP contribution in [-0.4, -0.2) is 38.9 Å². The lowest BCUT2D eigenvalue weighted by Crippen LogP contribution is -2.38. The average molecular weight is 206 g/mol. The van der Waals surface area contributed by atoms with Crippen LogP contribution in [0.1, 0.15) is 18.9 Å². The van der Waals surface area contributed by atoms with Crippen molar-refractivity contribution >= 4 is 5.91 Å². The summed E-state index contributed by atoms with van der Waals surface area (Å²) in [6, 6.07) is 0.376. The van der Waals surface area contributed by atoms with Crippen LogP contribution < -0.4 is 0 Å². The van der Waals surface area contributed by atoms with Gasteiger partial charge in [0.05, 0.1) is 12.2 Å². The molecule has 0 unspecified atom stereocenters. The Hall–Kier alpha value is -1.65. The molecule has 1 aromatic rings. The summed E-state index contributed by atoms with van der Waals surface area (Å²) < 4.78 is 1.87. The summed E-state index contributed by atoms with van der Waals surface area (Å²) in [5.41, 5.74) is 0. The van der Waals surface area contributed by atoms with E-state index in [1.54, 1.807) is 6.20 Å². The molecule has 0 aliphatic carbocycles. The molecule has 0 radical (unpaired) electrons. The number of piperidine rings is 1. The van der Waals surface area contributed by atoms with Gasteiger partial charge in [0, 0.05) is 19.3 Å². The highest BCUT2D eigenvalue weighted by molar-refractivity contribution is 5.87. The third-order valence-electron chi connectivity index (χ3n) is 2.77. The van der Waals surface area contributed by atoms with Gasteiger partial charge in [-0.3, -0.25) is 4.79 Å². The lowest BCUT2D eigenvalue weighted by Gasteiger charge is -2.31. The van der Waals surface area contributed by atoms with Gasteiger partial charge in [-0.2, -0.15) is 0 Å². The molecule has 1 fully saturated rings. The first kappa shape index (κ1) is 9.89. The minimum absolute atomic E-state index is 0.0204. The number of hydrogen-bond acceptors (Lipinski definition) is 3. The predicted octanol–water partition coefficient (Wildman–Crippen LogP) is 0.628. The van der Waals surface area contributed by atoms with Gasteiger partial charge in [0.1, 0.15) is 0 Å². The van der Waals surface area contributed by atoms with Gasteiger partial charge in [-0.05, 0) is 18.9 Å². The van der Waals surface area contributed by atoms with Gasteiger partial charge >= 0.3 is 0 Å². The first-order chi connectivity index (χ1) is 7.31. The molecule has 2 heterocycles. The summed E-state index contributed by atoms with van der Waals surface area (Å²) in [7, 11) is 0. The molecule has 1 aliphatic heterocycles. The summed E-state index contributed by atoms with van der Waals surface area (Å²) in [5.74, 6) is 0.0204. The topological polar surface area (TPSA) is 51.0 Å². The van der Waals surface area contributed by atoms with E-state index in [9.17, 15) is 4.79 Å². The molecule has 1 aromatic heterocycles. The molecule has 80 valence electrons. The lowest BCUT2D eigenvalue weighted by atomic mass is 10.1. The van der Waals surface area contributed by atoms with Crippen LogP contribution in [0.2, 0.25) is 0 Å². The zero-order valence-electron chi connectivity index (χ0n) is 8.54. The second kappa shape index (κ2) is 4.25. The van der Waals surface area contributed by atoms with Crippen LogP contribution in [0.15, 0.2) is 25.0 Å². The summed E-state index contributed by atoms with van der Waals surface area (Å²) in [6.45, 7) is 5.03. The van der Waals surface area contributed by atoms with Crippen molar-refractivity contribution in [3.8, 4) is 0 Å². The molecule has 15 heavy (non-hydrogen) atoms. The van der Waals surface area contributed by atoms with E-state index < -0.39 is 0 Å². The number of carbonyl (C=O) groups is 1. The Morgan fingerprint density at radius 2 is 2.20 bits per heavy atom. The highest BCUT2D eigenvalue weighted by atomic mass is 16.2. The molecule has 0 N–H and O–H groups in total. The lowest BCUT2D eigenvalue weighted by molar-refractivity contribution is -0.127. The molecule has 5 nitrogen and oxygen atoms in total. The second-order valence-electron chi connectivity index (χ2n) is 3.64. The first-order valence-electron chi connectivity index (χ1n) is 5.08. The van der Waals surface area contributed by atoms with Crippen LogP contribution in [0.5, 0.6) is 0 Å². The van der Waals surface area contributed by atoms with Gasteiger partial charge in [-0.1, -0.05) is 11.8 Å². The van der Waals surface area contributed by atoms with Gasteiger partial charge in [-0.25, -0.2) is 4.68 Å². The molecule has 0 saturated carbocycles. The van der Waals surface area contributed by atoms with E-state index in [4.69, 9.17) is 0 Å². The van der Waals surface area contributed by atoms with Crippen LogP contribution >= 0.6 is 0 Å². The van der Waals surface area contributed by atoms with Crippen molar-refractivity contribution in [2.45, 2.75) is 18.9 Å². The van der Waals surface area contributed by atoms with Crippen LogP contribution in [0.3, 0.4) is 0 Å². The molecule has 1 aliphatic rings. The number of nitrogens with zero attached hydrogens (tertiary/aromatic N) is 4. The number of aromatic nitrogens is 3. The van der Waals surface area contributed by atoms with Crippen molar-refractivity contribution in [1.29, 1.82) is 0 Å². The number of amides is 1. The van der Waals surface area contributed by atoms with E-state index >= 15 is 0 Å². The number of rotatable bonds is 2. The Labute approximate surface area is 88.4 Å². The maximum Gasteiger partial charge on any atom is 0.245 e. The third kappa shape index (κ3) is 2.06. The Morgan fingerprint density at radius 3 is 2.73 bits per heavy atom. The van der Waals surface area contributed by atoms with Crippen LogP contribution in [0, 0.1) is 0 Å². The quantitative estimate of drug-likeness (QED) is 0.667. The normalized spacial score (nSPS) is 17.7. The maximum absolute atomic E-state index is 11.3. The Bertz CT molecular complexity index is 338. The van der Waals surface area contributed by atoms with E-state index in [0.29, 0.717) is 6.04 Å². The number of hydrogen-bond donors (Lipinski definition) is 0. The largest absolute Gasteiger partial charge is 0.339 e. The van der Waals surface area contributed by atoms with Gasteiger partial charge in [0.15, 0.2) is 0 Å². The van der Waals surface area contributed by atoms with Crippen molar-refractivity contribution in [2.24, 2.45) is 0 Å². The summed E-state index contributed by atoms with van der Waals surface area (Å²) >= 11 is 0. The van der Waals surface area contributed by atoms with E-state index in [2.05, 4.69) is 16.9 Å².